The number of benzene rings is 2. The van der Waals surface area contributed by atoms with Gasteiger partial charge in [-0.3, -0.25) is 0 Å². The van der Waals surface area contributed by atoms with Crippen molar-refractivity contribution in [3.8, 4) is 28.1 Å². The highest BCUT2D eigenvalue weighted by Gasteiger charge is 2.37. The van der Waals surface area contributed by atoms with E-state index in [0.717, 1.165) is 29.5 Å². The molecule has 0 bridgehead atoms. The second-order valence-corrected chi connectivity index (χ2v) is 10.2. The summed E-state index contributed by atoms with van der Waals surface area (Å²) in [7, 11) is 0. The maximum atomic E-state index is 14.6. The molecule has 3 rings (SSSR count). The predicted molar refractivity (Wildman–Crippen MR) is 136 cm³/mol. The summed E-state index contributed by atoms with van der Waals surface area (Å²) >= 11 is 0.957. The molecule has 0 saturated heterocycles. The number of hydrogen-bond donors (Lipinski definition) is 1. The molecular weight excluding hydrogens is 620 g/mol. The van der Waals surface area contributed by atoms with Gasteiger partial charge in [-0.2, -0.15) is 44.8 Å². The van der Waals surface area contributed by atoms with Crippen molar-refractivity contribution in [2.45, 2.75) is 51.4 Å². The van der Waals surface area contributed by atoms with E-state index < -0.39 is 66.1 Å². The fourth-order valence-electron chi connectivity index (χ4n) is 3.80. The molecule has 1 aromatic heterocycles. The molecule has 0 spiro atoms. The van der Waals surface area contributed by atoms with E-state index in [2.05, 4.69) is 15.0 Å². The molecule has 0 radical (unpaired) electrons. The summed E-state index contributed by atoms with van der Waals surface area (Å²) in [6.07, 6.45) is -14.0. The van der Waals surface area contributed by atoms with Crippen LogP contribution in [0.15, 0.2) is 36.4 Å². The average molecular weight is 644 g/mol. The van der Waals surface area contributed by atoms with Gasteiger partial charge in [0.2, 0.25) is 0 Å². The quantitative estimate of drug-likeness (QED) is 0.159. The smallest absolute Gasteiger partial charge is 0.422 e. The Morgan fingerprint density at radius 3 is 2.21 bits per heavy atom. The molecule has 43 heavy (non-hydrogen) atoms. The molecule has 0 aliphatic heterocycles. The van der Waals surface area contributed by atoms with Crippen LogP contribution in [0, 0.1) is 23.1 Å². The number of hydrogen-bond acceptors (Lipinski definition) is 6. The van der Waals surface area contributed by atoms with Crippen LogP contribution < -0.4 is 14.8 Å². The van der Waals surface area contributed by atoms with Crippen LogP contribution in [0.25, 0.3) is 10.6 Å². The van der Waals surface area contributed by atoms with Gasteiger partial charge in [0.25, 0.3) is 0 Å². The topological polar surface area (TPSA) is 67.2 Å². The number of halogens is 10. The highest BCUT2D eigenvalue weighted by Crippen LogP contribution is 2.35. The molecule has 16 heteroatoms. The van der Waals surface area contributed by atoms with Crippen molar-refractivity contribution < 1.29 is 53.4 Å². The highest BCUT2D eigenvalue weighted by molar-refractivity contribution is 7.15. The lowest BCUT2D eigenvalue weighted by Crippen LogP contribution is -2.27. The van der Waals surface area contributed by atoms with Gasteiger partial charge in [-0.1, -0.05) is 19.1 Å². The van der Waals surface area contributed by atoms with Crippen LogP contribution in [-0.4, -0.2) is 30.5 Å². The Hall–Kier alpha value is -3.58. The van der Waals surface area contributed by atoms with Gasteiger partial charge in [0.1, 0.15) is 23.4 Å². The van der Waals surface area contributed by atoms with Crippen molar-refractivity contribution in [2.75, 3.05) is 13.2 Å². The van der Waals surface area contributed by atoms with E-state index in [4.69, 9.17) is 10.00 Å². The summed E-state index contributed by atoms with van der Waals surface area (Å²) in [5.41, 5.74) is -0.859. The van der Waals surface area contributed by atoms with Crippen molar-refractivity contribution >= 4 is 11.3 Å². The van der Waals surface area contributed by atoms with Crippen molar-refractivity contribution in [3.05, 3.63) is 63.9 Å². The van der Waals surface area contributed by atoms with E-state index in [1.165, 1.54) is 25.1 Å². The molecule has 1 heterocycles. The monoisotopic (exact) mass is 643 g/mol. The van der Waals surface area contributed by atoms with Gasteiger partial charge in [-0.05, 0) is 37.6 Å². The van der Waals surface area contributed by atoms with E-state index >= 15 is 0 Å². The molecule has 0 fully saturated rings. The van der Waals surface area contributed by atoms with Gasteiger partial charge in [0.05, 0.1) is 27.6 Å². The van der Waals surface area contributed by atoms with E-state index in [0.29, 0.717) is 16.5 Å². The summed E-state index contributed by atoms with van der Waals surface area (Å²) in [5, 5.41) is 12.2. The third-order valence-electron chi connectivity index (χ3n) is 6.06. The lowest BCUT2D eigenvalue weighted by molar-refractivity contribution is -0.176. The van der Waals surface area contributed by atoms with Crippen LogP contribution in [-0.2, 0) is 19.3 Å². The predicted octanol–water partition coefficient (Wildman–Crippen LogP) is 8.43. The third kappa shape index (κ3) is 9.72. The molecule has 0 aliphatic rings. The van der Waals surface area contributed by atoms with E-state index in [1.807, 2.05) is 0 Å². The molecule has 2 aromatic carbocycles. The molecule has 3 aromatic rings. The first-order valence-electron chi connectivity index (χ1n) is 12.5. The van der Waals surface area contributed by atoms with Gasteiger partial charge >= 0.3 is 18.5 Å². The normalized spacial score (nSPS) is 13.1. The molecule has 0 saturated carbocycles. The largest absolute Gasteiger partial charge is 0.485 e. The zero-order valence-corrected chi connectivity index (χ0v) is 23.0. The zero-order valence-electron chi connectivity index (χ0n) is 22.2. The van der Waals surface area contributed by atoms with E-state index in [9.17, 15) is 43.9 Å². The standard InChI is InChI=1S/C27H23F10N3O2S/c1-2-17(26(32,33)34)7-8-39-12-20-23(43-24(40-20)15-3-5-18(6-4-15)27(35,36)37)13-41-22-10-21(42-14-25(29,30)31)16(11-38)9-19(22)28/h3-6,9-10,17,39H,2,7-8,12-14H2,1H3. The summed E-state index contributed by atoms with van der Waals surface area (Å²) in [4.78, 5) is 4.69. The number of aromatic nitrogens is 1. The van der Waals surface area contributed by atoms with E-state index in [-0.39, 0.29) is 36.6 Å². The second kappa shape index (κ2) is 13.8. The Kier molecular flexibility index (Phi) is 10.9. The fourth-order valence-corrected chi connectivity index (χ4v) is 4.79. The van der Waals surface area contributed by atoms with Crippen molar-refractivity contribution in [1.29, 1.82) is 5.26 Å². The molecule has 1 N–H and O–H groups in total. The molecule has 234 valence electrons. The first kappa shape index (κ1) is 33.9. The summed E-state index contributed by atoms with van der Waals surface area (Å²) in [5.74, 6) is -3.76. The third-order valence-corrected chi connectivity index (χ3v) is 7.18. The van der Waals surface area contributed by atoms with Crippen molar-refractivity contribution in [2.24, 2.45) is 5.92 Å². The maximum absolute atomic E-state index is 14.6. The minimum absolute atomic E-state index is 0.0460. The summed E-state index contributed by atoms with van der Waals surface area (Å²) in [6.45, 7) is -0.875. The first-order chi connectivity index (χ1) is 20.0. The zero-order chi connectivity index (χ0) is 32.0. The van der Waals surface area contributed by atoms with E-state index in [1.54, 1.807) is 0 Å². The number of thiazole rings is 1. The molecular formula is C27H23F10N3O2S. The Labute approximate surface area is 243 Å². The van der Waals surface area contributed by atoms with Crippen LogP contribution in [0.4, 0.5) is 43.9 Å². The number of ether oxygens (including phenoxy) is 2. The second-order valence-electron chi connectivity index (χ2n) is 9.16. The SMILES string of the molecule is CCC(CCNCc1nc(-c2ccc(C(F)(F)F)cc2)sc1COc1cc(OCC(F)(F)F)c(C#N)cc1F)C(F)(F)F. The van der Waals surface area contributed by atoms with Gasteiger partial charge in [0, 0.05) is 18.2 Å². The lowest BCUT2D eigenvalue weighted by atomic mass is 10.0. The first-order valence-corrected chi connectivity index (χ1v) is 13.3. The van der Waals surface area contributed by atoms with Crippen LogP contribution in [0.2, 0.25) is 0 Å². The van der Waals surface area contributed by atoms with Crippen LogP contribution in [0.1, 0.15) is 41.5 Å². The summed E-state index contributed by atoms with van der Waals surface area (Å²) in [6, 6.07) is 7.00. The number of rotatable bonds is 12. The average Bonchev–Trinajstić information content (AvgIpc) is 3.32. The molecule has 5 nitrogen and oxygen atoms in total. The van der Waals surface area contributed by atoms with Gasteiger partial charge in [0.15, 0.2) is 18.2 Å². The van der Waals surface area contributed by atoms with Gasteiger partial charge in [-0.25, -0.2) is 9.37 Å². The Morgan fingerprint density at radius 1 is 0.977 bits per heavy atom. The maximum Gasteiger partial charge on any atom is 0.422 e. The minimum Gasteiger partial charge on any atom is -0.485 e. The number of nitriles is 1. The van der Waals surface area contributed by atoms with Crippen molar-refractivity contribution in [3.63, 3.8) is 0 Å². The number of alkyl halides is 9. The molecule has 0 aliphatic carbocycles. The molecule has 0 amide bonds. The Balaban J connectivity index is 1.84. The Morgan fingerprint density at radius 2 is 1.65 bits per heavy atom. The highest BCUT2D eigenvalue weighted by atomic mass is 32.1. The van der Waals surface area contributed by atoms with Crippen molar-refractivity contribution in [1.82, 2.24) is 10.3 Å². The van der Waals surface area contributed by atoms with Gasteiger partial charge < -0.3 is 14.8 Å². The Bertz CT molecular complexity index is 1410. The molecule has 1 atom stereocenters. The molecule has 1 unspecified atom stereocenters. The van der Waals surface area contributed by atoms with Crippen LogP contribution in [0.3, 0.4) is 0 Å². The van der Waals surface area contributed by atoms with Crippen LogP contribution >= 0.6 is 11.3 Å². The number of nitrogens with zero attached hydrogens (tertiary/aromatic N) is 2. The lowest BCUT2D eigenvalue weighted by Gasteiger charge is -2.18. The van der Waals surface area contributed by atoms with Crippen LogP contribution in [0.5, 0.6) is 11.5 Å². The summed E-state index contributed by atoms with van der Waals surface area (Å²) < 4.78 is 141. The number of nitrogens with one attached hydrogen (secondary N) is 1. The van der Waals surface area contributed by atoms with Gasteiger partial charge in [-0.15, -0.1) is 11.3 Å². The fraction of sp³-hybridized carbons (Fsp3) is 0.407. The minimum atomic E-state index is -4.74.